The van der Waals surface area contributed by atoms with Gasteiger partial charge < -0.3 is 14.5 Å². The molecule has 0 bridgehead atoms. The van der Waals surface area contributed by atoms with Gasteiger partial charge in [0.15, 0.2) is 16.7 Å². The molecule has 0 aliphatic rings. The summed E-state index contributed by atoms with van der Waals surface area (Å²) in [6.45, 7) is 4.78. The summed E-state index contributed by atoms with van der Waals surface area (Å²) in [4.78, 5) is 19.2. The third-order valence-corrected chi connectivity index (χ3v) is 4.81. The molecule has 0 radical (unpaired) electrons. The smallest absolute Gasteiger partial charge is 0.270 e. The van der Waals surface area contributed by atoms with Gasteiger partial charge in [0, 0.05) is 5.56 Å². The Labute approximate surface area is 173 Å². The van der Waals surface area contributed by atoms with Crippen molar-refractivity contribution in [3.63, 3.8) is 0 Å². The fraction of sp³-hybridized carbons (Fsp3) is 0.227. The molecular formula is C22H21N3O3S. The number of nitrogens with zero attached hydrogens (tertiary/aromatic N) is 2. The van der Waals surface area contributed by atoms with Crippen LogP contribution in [0.3, 0.4) is 0 Å². The van der Waals surface area contributed by atoms with Crippen LogP contribution in [0.5, 0.6) is 11.5 Å². The van der Waals surface area contributed by atoms with E-state index in [0.717, 1.165) is 5.56 Å². The summed E-state index contributed by atoms with van der Waals surface area (Å²) in [5, 5.41) is 9.85. The van der Waals surface area contributed by atoms with Gasteiger partial charge >= 0.3 is 0 Å². The summed E-state index contributed by atoms with van der Waals surface area (Å²) in [6, 6.07) is 15.4. The Morgan fingerprint density at radius 3 is 2.55 bits per heavy atom. The number of rotatable bonds is 7. The SMILES string of the molecule is CCOc1cc(-c2nc(SC)[nH]c(=O)c2C#N)ccc1OCc1ccc(C)cc1. The molecule has 29 heavy (non-hydrogen) atoms. The van der Waals surface area contributed by atoms with Crippen molar-refractivity contribution < 1.29 is 9.47 Å². The number of aromatic nitrogens is 2. The molecule has 0 unspecified atom stereocenters. The van der Waals surface area contributed by atoms with Gasteiger partial charge in [-0.1, -0.05) is 41.6 Å². The summed E-state index contributed by atoms with van der Waals surface area (Å²) < 4.78 is 11.7. The second kappa shape index (κ2) is 9.30. The van der Waals surface area contributed by atoms with Crippen LogP contribution < -0.4 is 15.0 Å². The zero-order chi connectivity index (χ0) is 20.8. The number of hydrogen-bond donors (Lipinski definition) is 1. The number of ether oxygens (including phenoxy) is 2. The maximum absolute atomic E-state index is 12.2. The van der Waals surface area contributed by atoms with Crippen molar-refractivity contribution >= 4 is 11.8 Å². The van der Waals surface area contributed by atoms with E-state index in [2.05, 4.69) is 9.97 Å². The van der Waals surface area contributed by atoms with Gasteiger partial charge in [-0.3, -0.25) is 4.79 Å². The number of nitriles is 1. The lowest BCUT2D eigenvalue weighted by atomic mass is 10.1. The fourth-order valence-corrected chi connectivity index (χ4v) is 3.13. The number of benzene rings is 2. The van der Waals surface area contributed by atoms with Crippen LogP contribution >= 0.6 is 11.8 Å². The molecule has 1 heterocycles. The van der Waals surface area contributed by atoms with Crippen molar-refractivity contribution in [3.8, 4) is 28.8 Å². The number of aryl methyl sites for hydroxylation is 1. The second-order valence-electron chi connectivity index (χ2n) is 6.28. The first-order valence-corrected chi connectivity index (χ1v) is 10.3. The van der Waals surface area contributed by atoms with Crippen LogP contribution in [0.15, 0.2) is 52.4 Å². The lowest BCUT2D eigenvalue weighted by Crippen LogP contribution is -2.14. The van der Waals surface area contributed by atoms with E-state index in [-0.39, 0.29) is 5.56 Å². The van der Waals surface area contributed by atoms with E-state index in [1.54, 1.807) is 18.2 Å². The Morgan fingerprint density at radius 2 is 1.90 bits per heavy atom. The number of thioether (sulfide) groups is 1. The van der Waals surface area contributed by atoms with Crippen molar-refractivity contribution in [2.45, 2.75) is 25.6 Å². The van der Waals surface area contributed by atoms with E-state index in [9.17, 15) is 10.1 Å². The Morgan fingerprint density at radius 1 is 1.14 bits per heavy atom. The van der Waals surface area contributed by atoms with E-state index >= 15 is 0 Å². The zero-order valence-electron chi connectivity index (χ0n) is 16.5. The normalized spacial score (nSPS) is 10.4. The predicted octanol–water partition coefficient (Wildman–Crippen LogP) is 4.32. The van der Waals surface area contributed by atoms with Gasteiger partial charge in [0.05, 0.1) is 12.3 Å². The summed E-state index contributed by atoms with van der Waals surface area (Å²) in [5.74, 6) is 1.12. The second-order valence-corrected chi connectivity index (χ2v) is 7.07. The average molecular weight is 407 g/mol. The summed E-state index contributed by atoms with van der Waals surface area (Å²) in [7, 11) is 0. The molecule has 0 aliphatic heterocycles. The summed E-state index contributed by atoms with van der Waals surface area (Å²) in [5.41, 5.74) is 2.70. The van der Waals surface area contributed by atoms with E-state index in [1.165, 1.54) is 17.3 Å². The topological polar surface area (TPSA) is 88.0 Å². The molecule has 7 heteroatoms. The van der Waals surface area contributed by atoms with Crippen LogP contribution in [0, 0.1) is 18.3 Å². The van der Waals surface area contributed by atoms with Crippen LogP contribution in [0.4, 0.5) is 0 Å². The van der Waals surface area contributed by atoms with Gasteiger partial charge in [-0.25, -0.2) is 4.98 Å². The van der Waals surface area contributed by atoms with Crippen LogP contribution in [0.25, 0.3) is 11.3 Å². The van der Waals surface area contributed by atoms with Crippen molar-refractivity contribution in [2.75, 3.05) is 12.9 Å². The maximum atomic E-state index is 12.2. The third-order valence-electron chi connectivity index (χ3n) is 4.23. The van der Waals surface area contributed by atoms with Crippen LogP contribution in [0.2, 0.25) is 0 Å². The lowest BCUT2D eigenvalue weighted by molar-refractivity contribution is 0.269. The van der Waals surface area contributed by atoms with Crippen molar-refractivity contribution in [2.24, 2.45) is 0 Å². The van der Waals surface area contributed by atoms with Crippen molar-refractivity contribution in [1.29, 1.82) is 5.26 Å². The van der Waals surface area contributed by atoms with Gasteiger partial charge in [-0.2, -0.15) is 5.26 Å². The van der Waals surface area contributed by atoms with Gasteiger partial charge in [-0.15, -0.1) is 0 Å². The number of H-pyrrole nitrogens is 1. The largest absolute Gasteiger partial charge is 0.490 e. The first-order chi connectivity index (χ1) is 14.0. The highest BCUT2D eigenvalue weighted by molar-refractivity contribution is 7.98. The third kappa shape index (κ3) is 4.79. The minimum absolute atomic E-state index is 0.0291. The number of aromatic amines is 1. The molecule has 1 aromatic heterocycles. The predicted molar refractivity (Wildman–Crippen MR) is 113 cm³/mol. The lowest BCUT2D eigenvalue weighted by Gasteiger charge is -2.14. The molecule has 0 fully saturated rings. The number of nitrogens with one attached hydrogen (secondary N) is 1. The van der Waals surface area contributed by atoms with Crippen molar-refractivity contribution in [1.82, 2.24) is 9.97 Å². The highest BCUT2D eigenvalue weighted by Gasteiger charge is 2.16. The zero-order valence-corrected chi connectivity index (χ0v) is 17.3. The Kier molecular flexibility index (Phi) is 6.57. The van der Waals surface area contributed by atoms with Gasteiger partial charge in [-0.05, 0) is 43.9 Å². The van der Waals surface area contributed by atoms with Crippen LogP contribution in [-0.2, 0) is 6.61 Å². The Hall–Kier alpha value is -3.24. The van der Waals surface area contributed by atoms with E-state index in [0.29, 0.717) is 41.1 Å². The van der Waals surface area contributed by atoms with E-state index in [4.69, 9.17) is 9.47 Å². The Bertz CT molecular complexity index is 1100. The maximum Gasteiger partial charge on any atom is 0.270 e. The molecule has 0 amide bonds. The molecule has 3 rings (SSSR count). The first-order valence-electron chi connectivity index (χ1n) is 9.09. The quantitative estimate of drug-likeness (QED) is 0.464. The summed E-state index contributed by atoms with van der Waals surface area (Å²) >= 11 is 1.30. The minimum Gasteiger partial charge on any atom is -0.490 e. The van der Waals surface area contributed by atoms with Crippen LogP contribution in [0.1, 0.15) is 23.6 Å². The van der Waals surface area contributed by atoms with Gasteiger partial charge in [0.1, 0.15) is 18.2 Å². The molecule has 0 saturated heterocycles. The Balaban J connectivity index is 1.96. The highest BCUT2D eigenvalue weighted by Crippen LogP contribution is 2.33. The fourth-order valence-electron chi connectivity index (χ4n) is 2.75. The number of hydrogen-bond acceptors (Lipinski definition) is 6. The molecule has 3 aromatic rings. The molecule has 0 atom stereocenters. The van der Waals surface area contributed by atoms with Gasteiger partial charge in [0.2, 0.25) is 0 Å². The molecule has 0 aliphatic carbocycles. The van der Waals surface area contributed by atoms with Crippen LogP contribution in [-0.4, -0.2) is 22.8 Å². The first kappa shape index (κ1) is 20.5. The molecule has 148 valence electrons. The molecular weight excluding hydrogens is 386 g/mol. The standard InChI is InChI=1S/C22H21N3O3S/c1-4-27-19-11-16(20-17(12-23)21(26)25-22(24-20)29-3)9-10-18(19)28-13-15-7-5-14(2)6-8-15/h5-11H,4,13H2,1-3H3,(H,24,25,26). The molecule has 2 aromatic carbocycles. The van der Waals surface area contributed by atoms with E-state index < -0.39 is 5.56 Å². The minimum atomic E-state index is -0.459. The monoisotopic (exact) mass is 407 g/mol. The van der Waals surface area contributed by atoms with E-state index in [1.807, 2.05) is 50.4 Å². The average Bonchev–Trinajstić information content (AvgIpc) is 2.73. The molecule has 0 spiro atoms. The molecule has 1 N–H and O–H groups in total. The molecule has 6 nitrogen and oxygen atoms in total. The van der Waals surface area contributed by atoms with Crippen molar-refractivity contribution in [3.05, 3.63) is 69.5 Å². The van der Waals surface area contributed by atoms with Gasteiger partial charge in [0.25, 0.3) is 5.56 Å². The molecule has 0 saturated carbocycles. The summed E-state index contributed by atoms with van der Waals surface area (Å²) in [6.07, 6.45) is 1.81. The highest BCUT2D eigenvalue weighted by atomic mass is 32.2.